The van der Waals surface area contributed by atoms with Gasteiger partial charge in [-0.25, -0.2) is 9.97 Å². The van der Waals surface area contributed by atoms with Gasteiger partial charge in [0.1, 0.15) is 5.69 Å². The summed E-state index contributed by atoms with van der Waals surface area (Å²) in [6.07, 6.45) is 3.49. The maximum atomic E-state index is 12.5. The maximum absolute atomic E-state index is 12.5. The number of hydrogen-bond acceptors (Lipinski definition) is 9. The highest BCUT2D eigenvalue weighted by molar-refractivity contribution is 8.01. The number of hydrogen-bond donors (Lipinski definition) is 2. The van der Waals surface area contributed by atoms with Crippen molar-refractivity contribution in [2.75, 3.05) is 11.3 Å². The second-order valence-electron chi connectivity index (χ2n) is 6.81. The maximum Gasteiger partial charge on any atom is 0.422 e. The molecule has 168 valence electrons. The third-order valence-electron chi connectivity index (χ3n) is 4.06. The number of thiazole rings is 1. The summed E-state index contributed by atoms with van der Waals surface area (Å²) < 4.78 is 44.8. The number of nitrogens with one attached hydrogen (secondary N) is 2. The largest absolute Gasteiger partial charge is 0.467 e. The van der Waals surface area contributed by atoms with Gasteiger partial charge in [-0.1, -0.05) is 0 Å². The summed E-state index contributed by atoms with van der Waals surface area (Å²) in [4.78, 5) is 29.1. The molecule has 3 aromatic rings. The first-order valence-electron chi connectivity index (χ1n) is 9.48. The third kappa shape index (κ3) is 6.53. The minimum absolute atomic E-state index is 0.182. The lowest BCUT2D eigenvalue weighted by Gasteiger charge is -2.08. The Morgan fingerprint density at radius 1 is 1.25 bits per heavy atom. The van der Waals surface area contributed by atoms with Crippen molar-refractivity contribution in [3.63, 3.8) is 0 Å². The predicted octanol–water partition coefficient (Wildman–Crippen LogP) is 4.09. The van der Waals surface area contributed by atoms with Gasteiger partial charge in [0.2, 0.25) is 5.88 Å². The van der Waals surface area contributed by atoms with E-state index in [2.05, 4.69) is 34.7 Å². The molecule has 1 aliphatic rings. The predicted molar refractivity (Wildman–Crippen MR) is 114 cm³/mol. The van der Waals surface area contributed by atoms with Crippen molar-refractivity contribution in [2.45, 2.75) is 30.8 Å². The van der Waals surface area contributed by atoms with Crippen LogP contribution in [-0.4, -0.2) is 43.9 Å². The molecule has 4 rings (SSSR count). The van der Waals surface area contributed by atoms with Crippen molar-refractivity contribution >= 4 is 34.9 Å². The molecule has 13 heteroatoms. The fourth-order valence-corrected chi connectivity index (χ4v) is 4.00. The van der Waals surface area contributed by atoms with Gasteiger partial charge < -0.3 is 14.8 Å². The summed E-state index contributed by atoms with van der Waals surface area (Å²) >= 11 is 2.73. The van der Waals surface area contributed by atoms with Crippen molar-refractivity contribution in [3.05, 3.63) is 47.6 Å². The van der Waals surface area contributed by atoms with E-state index in [9.17, 15) is 18.0 Å². The minimum atomic E-state index is -4.48. The van der Waals surface area contributed by atoms with Crippen molar-refractivity contribution in [3.8, 4) is 16.5 Å². The van der Waals surface area contributed by atoms with E-state index in [0.717, 1.165) is 23.2 Å². The van der Waals surface area contributed by atoms with Gasteiger partial charge in [0.05, 0.1) is 29.5 Å². The van der Waals surface area contributed by atoms with Crippen LogP contribution in [-0.2, 0) is 6.54 Å². The molecule has 32 heavy (non-hydrogen) atoms. The van der Waals surface area contributed by atoms with Crippen LogP contribution in [0, 0.1) is 0 Å². The molecule has 2 N–H and O–H groups in total. The average molecular weight is 483 g/mol. The Hall–Kier alpha value is -2.93. The van der Waals surface area contributed by atoms with Crippen molar-refractivity contribution < 1.29 is 22.7 Å². The Kier molecular flexibility index (Phi) is 6.74. The van der Waals surface area contributed by atoms with Gasteiger partial charge in [-0.05, 0) is 36.9 Å². The summed E-state index contributed by atoms with van der Waals surface area (Å²) in [5.74, 6) is -0.662. The van der Waals surface area contributed by atoms with E-state index in [4.69, 9.17) is 0 Å². The Balaban J connectivity index is 1.34. The molecular formula is C19H17F3N6O2S2. The number of carbonyl (C=O) groups excluding carboxylic acids is 1. The molecule has 0 aromatic carbocycles. The van der Waals surface area contributed by atoms with Crippen LogP contribution in [0.3, 0.4) is 0 Å². The zero-order valence-corrected chi connectivity index (χ0v) is 18.1. The van der Waals surface area contributed by atoms with E-state index >= 15 is 0 Å². The summed E-state index contributed by atoms with van der Waals surface area (Å²) in [6, 6.07) is 3.73. The monoisotopic (exact) mass is 482 g/mol. The summed E-state index contributed by atoms with van der Waals surface area (Å²) in [7, 11) is 0. The van der Waals surface area contributed by atoms with Crippen molar-refractivity contribution in [1.82, 2.24) is 25.3 Å². The lowest BCUT2D eigenvalue weighted by molar-refractivity contribution is -0.154. The van der Waals surface area contributed by atoms with Crippen molar-refractivity contribution in [2.24, 2.45) is 0 Å². The molecule has 3 aromatic heterocycles. The zero-order valence-electron chi connectivity index (χ0n) is 16.4. The number of aromatic nitrogens is 4. The number of amides is 1. The van der Waals surface area contributed by atoms with E-state index in [1.54, 1.807) is 18.1 Å². The molecule has 0 saturated heterocycles. The lowest BCUT2D eigenvalue weighted by Crippen LogP contribution is -2.23. The second kappa shape index (κ2) is 9.69. The van der Waals surface area contributed by atoms with Gasteiger partial charge >= 0.3 is 6.18 Å². The van der Waals surface area contributed by atoms with E-state index in [-0.39, 0.29) is 23.1 Å². The Labute approximate surface area is 189 Å². The molecule has 0 atom stereocenters. The first-order valence-corrected chi connectivity index (χ1v) is 11.2. The van der Waals surface area contributed by atoms with Gasteiger partial charge in [-0.3, -0.25) is 14.8 Å². The van der Waals surface area contributed by atoms with Gasteiger partial charge in [-0.2, -0.15) is 13.2 Å². The second-order valence-corrected chi connectivity index (χ2v) is 8.95. The fourth-order valence-electron chi connectivity index (χ4n) is 2.41. The number of halogens is 3. The van der Waals surface area contributed by atoms with E-state index < -0.39 is 18.7 Å². The molecule has 1 saturated carbocycles. The molecule has 0 radical (unpaired) electrons. The number of ether oxygens (including phenoxy) is 1. The van der Waals surface area contributed by atoms with Crippen LogP contribution < -0.4 is 14.8 Å². The summed E-state index contributed by atoms with van der Waals surface area (Å²) in [5, 5.41) is 3.60. The first kappa shape index (κ1) is 22.3. The number of rotatable bonds is 9. The van der Waals surface area contributed by atoms with Crippen LogP contribution >= 0.6 is 23.3 Å². The molecule has 3 heterocycles. The molecule has 0 spiro atoms. The highest BCUT2D eigenvalue weighted by atomic mass is 32.2. The zero-order chi connectivity index (χ0) is 22.6. The first-order chi connectivity index (χ1) is 15.4. The lowest BCUT2D eigenvalue weighted by atomic mass is 10.3. The number of alkyl halides is 3. The van der Waals surface area contributed by atoms with E-state index in [0.29, 0.717) is 15.8 Å². The number of carbonyl (C=O) groups is 1. The average Bonchev–Trinajstić information content (AvgIpc) is 3.48. The Bertz CT molecular complexity index is 1090. The fraction of sp³-hybridized carbons (Fsp3) is 0.316. The smallest absolute Gasteiger partial charge is 0.422 e. The van der Waals surface area contributed by atoms with Crippen LogP contribution in [0.2, 0.25) is 0 Å². The topological polar surface area (TPSA) is 102 Å². The number of anilines is 1. The van der Waals surface area contributed by atoms with Gasteiger partial charge in [0.25, 0.3) is 5.91 Å². The highest BCUT2D eigenvalue weighted by Gasteiger charge is 2.28. The van der Waals surface area contributed by atoms with Gasteiger partial charge in [0, 0.05) is 23.3 Å². The standard InChI is InChI=1S/C19H17F3N6O2S2/c20-19(21,22)10-30-16-9-23-7-14(27-16)15-8-26-18(31-15)17(29)25-6-12-5-11(3-4-24-12)28-32-13-1-2-13/h3-5,7-9,13H,1-2,6,10H2,(H,24,28)(H,25,29). The van der Waals surface area contributed by atoms with E-state index in [1.807, 2.05) is 12.1 Å². The Morgan fingerprint density at radius 3 is 2.88 bits per heavy atom. The van der Waals surface area contributed by atoms with Crippen LogP contribution in [0.1, 0.15) is 28.3 Å². The number of pyridine rings is 1. The van der Waals surface area contributed by atoms with Crippen molar-refractivity contribution in [1.29, 1.82) is 0 Å². The normalized spacial score (nSPS) is 13.6. The van der Waals surface area contributed by atoms with Crippen LogP contribution in [0.4, 0.5) is 18.9 Å². The molecule has 0 unspecified atom stereocenters. The molecule has 1 fully saturated rings. The summed E-state index contributed by atoms with van der Waals surface area (Å²) in [5.41, 5.74) is 1.87. The third-order valence-corrected chi connectivity index (χ3v) is 6.24. The van der Waals surface area contributed by atoms with Gasteiger partial charge in [0.15, 0.2) is 11.6 Å². The highest BCUT2D eigenvalue weighted by Crippen LogP contribution is 2.34. The molecule has 1 amide bonds. The Morgan fingerprint density at radius 2 is 2.09 bits per heavy atom. The molecule has 0 aliphatic heterocycles. The molecule has 1 aliphatic carbocycles. The summed E-state index contributed by atoms with van der Waals surface area (Å²) in [6.45, 7) is -1.25. The van der Waals surface area contributed by atoms with E-state index in [1.165, 1.54) is 25.2 Å². The molecule has 8 nitrogen and oxygen atoms in total. The SMILES string of the molecule is O=C(NCc1cc(NSC2CC2)ccn1)c1ncc(-c2cncc(OCC(F)(F)F)n2)s1. The molecule has 0 bridgehead atoms. The van der Waals surface area contributed by atoms with Crippen LogP contribution in [0.5, 0.6) is 5.88 Å². The molecular weight excluding hydrogens is 465 g/mol. The van der Waals surface area contributed by atoms with Crippen LogP contribution in [0.15, 0.2) is 36.9 Å². The quantitative estimate of drug-likeness (QED) is 0.440. The van der Waals surface area contributed by atoms with Gasteiger partial charge in [-0.15, -0.1) is 11.3 Å². The number of nitrogens with zero attached hydrogens (tertiary/aromatic N) is 4. The minimum Gasteiger partial charge on any atom is -0.467 e. The van der Waals surface area contributed by atoms with Crippen LogP contribution in [0.25, 0.3) is 10.6 Å².